The SMILES string of the molecule is Cc1ccc(C(=O)N2CCN(c3ccc(C(C)C)cc3)C(=O)[C@@H]2C)cc1. The fourth-order valence-corrected chi connectivity index (χ4v) is 3.31. The second kappa shape index (κ2) is 7.32. The quantitative estimate of drug-likeness (QED) is 0.840. The summed E-state index contributed by atoms with van der Waals surface area (Å²) in [6.45, 7) is 9.15. The second-order valence-electron chi connectivity index (χ2n) is 7.28. The molecule has 136 valence electrons. The molecule has 26 heavy (non-hydrogen) atoms. The summed E-state index contributed by atoms with van der Waals surface area (Å²) < 4.78 is 0. The zero-order chi connectivity index (χ0) is 18.8. The van der Waals surface area contributed by atoms with E-state index in [1.807, 2.05) is 50.2 Å². The van der Waals surface area contributed by atoms with Crippen molar-refractivity contribution >= 4 is 17.5 Å². The van der Waals surface area contributed by atoms with Gasteiger partial charge in [0.05, 0.1) is 0 Å². The Labute approximate surface area is 155 Å². The zero-order valence-electron chi connectivity index (χ0n) is 15.9. The Morgan fingerprint density at radius 2 is 1.62 bits per heavy atom. The van der Waals surface area contributed by atoms with Crippen LogP contribution >= 0.6 is 0 Å². The number of anilines is 1. The molecule has 3 rings (SSSR count). The minimum absolute atomic E-state index is 0.0333. The highest BCUT2D eigenvalue weighted by Crippen LogP contribution is 2.24. The minimum atomic E-state index is -0.470. The molecule has 2 amide bonds. The topological polar surface area (TPSA) is 40.6 Å². The van der Waals surface area contributed by atoms with E-state index in [0.717, 1.165) is 11.3 Å². The van der Waals surface area contributed by atoms with Crippen LogP contribution in [-0.4, -0.2) is 35.8 Å². The number of aryl methyl sites for hydroxylation is 1. The second-order valence-corrected chi connectivity index (χ2v) is 7.28. The van der Waals surface area contributed by atoms with Crippen LogP contribution in [-0.2, 0) is 4.79 Å². The van der Waals surface area contributed by atoms with Gasteiger partial charge in [0.15, 0.2) is 0 Å². The van der Waals surface area contributed by atoms with Gasteiger partial charge in [-0.3, -0.25) is 9.59 Å². The lowest BCUT2D eigenvalue weighted by Gasteiger charge is -2.39. The smallest absolute Gasteiger partial charge is 0.254 e. The molecule has 0 radical (unpaired) electrons. The number of rotatable bonds is 3. The Bertz CT molecular complexity index is 794. The van der Waals surface area contributed by atoms with Crippen molar-refractivity contribution in [2.75, 3.05) is 18.0 Å². The van der Waals surface area contributed by atoms with Crippen molar-refractivity contribution in [3.05, 3.63) is 65.2 Å². The normalized spacial score (nSPS) is 17.7. The third kappa shape index (κ3) is 3.50. The van der Waals surface area contributed by atoms with Crippen molar-refractivity contribution in [3.63, 3.8) is 0 Å². The van der Waals surface area contributed by atoms with Crippen molar-refractivity contribution in [2.24, 2.45) is 0 Å². The Kier molecular flexibility index (Phi) is 5.12. The summed E-state index contributed by atoms with van der Waals surface area (Å²) in [6, 6.07) is 15.2. The molecule has 1 atom stereocenters. The van der Waals surface area contributed by atoms with Crippen LogP contribution in [0.5, 0.6) is 0 Å². The Balaban J connectivity index is 1.76. The van der Waals surface area contributed by atoms with Gasteiger partial charge in [-0.05, 0) is 49.6 Å². The van der Waals surface area contributed by atoms with Crippen LogP contribution in [0.4, 0.5) is 5.69 Å². The summed E-state index contributed by atoms with van der Waals surface area (Å²) in [5.74, 6) is 0.345. The molecule has 0 unspecified atom stereocenters. The van der Waals surface area contributed by atoms with Gasteiger partial charge in [0.25, 0.3) is 5.91 Å². The molecule has 2 aromatic carbocycles. The molecule has 1 aliphatic heterocycles. The first-order valence-corrected chi connectivity index (χ1v) is 9.17. The van der Waals surface area contributed by atoms with Crippen LogP contribution in [0.15, 0.2) is 48.5 Å². The lowest BCUT2D eigenvalue weighted by molar-refractivity contribution is -0.124. The largest absolute Gasteiger partial charge is 0.325 e. The lowest BCUT2D eigenvalue weighted by Crippen LogP contribution is -2.57. The van der Waals surface area contributed by atoms with Gasteiger partial charge in [-0.25, -0.2) is 0 Å². The van der Waals surface area contributed by atoms with Crippen molar-refractivity contribution in [1.29, 1.82) is 0 Å². The number of hydrogen-bond donors (Lipinski definition) is 0. The summed E-state index contributed by atoms with van der Waals surface area (Å²) in [5.41, 5.74) is 3.89. The van der Waals surface area contributed by atoms with Gasteiger partial charge in [0.1, 0.15) is 6.04 Å². The predicted octanol–water partition coefficient (Wildman–Crippen LogP) is 4.00. The third-order valence-corrected chi connectivity index (χ3v) is 5.09. The van der Waals surface area contributed by atoms with E-state index >= 15 is 0 Å². The average Bonchev–Trinajstić information content (AvgIpc) is 2.64. The van der Waals surface area contributed by atoms with Crippen molar-refractivity contribution < 1.29 is 9.59 Å². The number of nitrogens with zero attached hydrogens (tertiary/aromatic N) is 2. The van der Waals surface area contributed by atoms with E-state index in [0.29, 0.717) is 24.6 Å². The molecule has 1 aliphatic rings. The molecular weight excluding hydrogens is 324 g/mol. The van der Waals surface area contributed by atoms with E-state index in [2.05, 4.69) is 26.0 Å². The van der Waals surface area contributed by atoms with Gasteiger partial charge in [-0.1, -0.05) is 43.7 Å². The van der Waals surface area contributed by atoms with Gasteiger partial charge in [0, 0.05) is 24.3 Å². The molecule has 4 heteroatoms. The molecule has 0 bridgehead atoms. The van der Waals surface area contributed by atoms with Gasteiger partial charge in [-0.15, -0.1) is 0 Å². The number of carbonyl (C=O) groups excluding carboxylic acids is 2. The first kappa shape index (κ1) is 18.2. The molecule has 0 aliphatic carbocycles. The van der Waals surface area contributed by atoms with Crippen molar-refractivity contribution in [3.8, 4) is 0 Å². The van der Waals surface area contributed by atoms with Crippen LogP contribution in [0, 0.1) is 6.92 Å². The van der Waals surface area contributed by atoms with Gasteiger partial charge >= 0.3 is 0 Å². The van der Waals surface area contributed by atoms with E-state index in [1.165, 1.54) is 5.56 Å². The summed E-state index contributed by atoms with van der Waals surface area (Å²) in [5, 5.41) is 0. The van der Waals surface area contributed by atoms with Crippen LogP contribution in [0.25, 0.3) is 0 Å². The van der Waals surface area contributed by atoms with E-state index in [9.17, 15) is 9.59 Å². The summed E-state index contributed by atoms with van der Waals surface area (Å²) >= 11 is 0. The Morgan fingerprint density at radius 1 is 1.00 bits per heavy atom. The van der Waals surface area contributed by atoms with Crippen molar-refractivity contribution in [2.45, 2.75) is 39.7 Å². The first-order chi connectivity index (χ1) is 12.4. The monoisotopic (exact) mass is 350 g/mol. The number of carbonyl (C=O) groups is 2. The molecule has 0 spiro atoms. The maximum atomic E-state index is 12.9. The van der Waals surface area contributed by atoms with Crippen LogP contribution in [0.1, 0.15) is 48.2 Å². The molecule has 1 saturated heterocycles. The number of piperazine rings is 1. The zero-order valence-corrected chi connectivity index (χ0v) is 15.9. The maximum absolute atomic E-state index is 12.9. The Hall–Kier alpha value is -2.62. The summed E-state index contributed by atoms with van der Waals surface area (Å²) in [4.78, 5) is 29.1. The van der Waals surface area contributed by atoms with E-state index in [1.54, 1.807) is 9.80 Å². The predicted molar refractivity (Wildman–Crippen MR) is 105 cm³/mol. The van der Waals surface area contributed by atoms with E-state index in [4.69, 9.17) is 0 Å². The number of hydrogen-bond acceptors (Lipinski definition) is 2. The Morgan fingerprint density at radius 3 is 2.19 bits per heavy atom. The van der Waals surface area contributed by atoms with E-state index in [-0.39, 0.29) is 11.8 Å². The molecule has 1 heterocycles. The maximum Gasteiger partial charge on any atom is 0.254 e. The standard InChI is InChI=1S/C22H26N2O2/c1-15(2)18-9-11-20(12-10-18)24-14-13-23(17(4)21(24)25)22(26)19-7-5-16(3)6-8-19/h5-12,15,17H,13-14H2,1-4H3/t17-/m0/s1. The number of benzene rings is 2. The summed E-state index contributed by atoms with van der Waals surface area (Å²) in [7, 11) is 0. The summed E-state index contributed by atoms with van der Waals surface area (Å²) in [6.07, 6.45) is 0. The van der Waals surface area contributed by atoms with Crippen LogP contribution < -0.4 is 4.90 Å². The van der Waals surface area contributed by atoms with E-state index < -0.39 is 6.04 Å². The fraction of sp³-hybridized carbons (Fsp3) is 0.364. The molecular formula is C22H26N2O2. The van der Waals surface area contributed by atoms with Crippen LogP contribution in [0.2, 0.25) is 0 Å². The fourth-order valence-electron chi connectivity index (χ4n) is 3.31. The molecule has 0 aromatic heterocycles. The minimum Gasteiger partial charge on any atom is -0.325 e. The van der Waals surface area contributed by atoms with Gasteiger partial charge in [-0.2, -0.15) is 0 Å². The van der Waals surface area contributed by atoms with Gasteiger partial charge < -0.3 is 9.80 Å². The molecule has 1 fully saturated rings. The molecule has 4 nitrogen and oxygen atoms in total. The lowest BCUT2D eigenvalue weighted by atomic mass is 10.0. The number of amides is 2. The first-order valence-electron chi connectivity index (χ1n) is 9.17. The third-order valence-electron chi connectivity index (χ3n) is 5.09. The molecule has 2 aromatic rings. The average molecular weight is 350 g/mol. The highest BCUT2D eigenvalue weighted by molar-refractivity contribution is 6.03. The highest BCUT2D eigenvalue weighted by Gasteiger charge is 2.35. The van der Waals surface area contributed by atoms with Crippen LogP contribution in [0.3, 0.4) is 0 Å². The van der Waals surface area contributed by atoms with Crippen molar-refractivity contribution in [1.82, 2.24) is 4.90 Å². The molecule has 0 saturated carbocycles. The highest BCUT2D eigenvalue weighted by atomic mass is 16.2. The van der Waals surface area contributed by atoms with Gasteiger partial charge in [0.2, 0.25) is 5.91 Å². The molecule has 0 N–H and O–H groups in total.